The number of carbonyl (C=O) groups excluding carboxylic acids is 1. The van der Waals surface area contributed by atoms with E-state index in [1.165, 1.54) is 0 Å². The van der Waals surface area contributed by atoms with E-state index in [0.29, 0.717) is 14.3 Å². The highest BCUT2D eigenvalue weighted by Gasteiger charge is 2.32. The summed E-state index contributed by atoms with van der Waals surface area (Å²) in [6.45, 7) is 3.65. The monoisotopic (exact) mass is 819 g/mol. The summed E-state index contributed by atoms with van der Waals surface area (Å²) in [5.74, 6) is -0.0618. The van der Waals surface area contributed by atoms with Crippen molar-refractivity contribution in [3.63, 3.8) is 0 Å². The molecule has 146 valence electrons. The molecule has 9 heteroatoms. The number of phenols is 2. The van der Waals surface area contributed by atoms with Gasteiger partial charge >= 0.3 is 5.97 Å². The normalized spacial score (nSPS) is 13.3. The number of nitrogens with two attached hydrogens (primary N) is 1. The fourth-order valence-corrected chi connectivity index (χ4v) is 6.46. The van der Waals surface area contributed by atoms with E-state index in [0.717, 1.165) is 16.7 Å². The van der Waals surface area contributed by atoms with Crippen LogP contribution in [0.2, 0.25) is 0 Å². The van der Waals surface area contributed by atoms with Crippen molar-refractivity contribution < 1.29 is 19.7 Å². The molecule has 0 aromatic heterocycles. The van der Waals surface area contributed by atoms with Crippen LogP contribution in [0.5, 0.6) is 11.5 Å². The SMILES string of the molecule is CCOC(=O)C(C)(N)Cc1cc(I)c(O)c(I)c1-c1cc(I)c(O)c(I)c1. The van der Waals surface area contributed by atoms with Crippen LogP contribution in [0.25, 0.3) is 11.1 Å². The van der Waals surface area contributed by atoms with Crippen LogP contribution in [0, 0.1) is 14.3 Å². The van der Waals surface area contributed by atoms with Gasteiger partial charge in [0.2, 0.25) is 0 Å². The van der Waals surface area contributed by atoms with Crippen LogP contribution >= 0.6 is 90.4 Å². The molecule has 0 fully saturated rings. The summed E-state index contributed by atoms with van der Waals surface area (Å²) in [6, 6.07) is 5.54. The van der Waals surface area contributed by atoms with Crippen molar-refractivity contribution in [2.24, 2.45) is 5.73 Å². The van der Waals surface area contributed by atoms with E-state index in [4.69, 9.17) is 10.5 Å². The summed E-state index contributed by atoms with van der Waals surface area (Å²) in [7, 11) is 0. The fourth-order valence-electron chi connectivity index (χ4n) is 2.58. The number of halogens is 4. The minimum Gasteiger partial charge on any atom is -0.506 e. The van der Waals surface area contributed by atoms with Gasteiger partial charge in [-0.15, -0.1) is 0 Å². The summed E-state index contributed by atoms with van der Waals surface area (Å²) in [5.41, 5.74) is 7.53. The van der Waals surface area contributed by atoms with Crippen LogP contribution in [0.15, 0.2) is 18.2 Å². The Morgan fingerprint density at radius 1 is 1.07 bits per heavy atom. The van der Waals surface area contributed by atoms with Gasteiger partial charge in [-0.05, 0) is 134 Å². The molecule has 0 saturated heterocycles. The molecule has 2 aromatic carbocycles. The lowest BCUT2D eigenvalue weighted by Crippen LogP contribution is -2.48. The molecule has 27 heavy (non-hydrogen) atoms. The summed E-state index contributed by atoms with van der Waals surface area (Å²) >= 11 is 8.30. The van der Waals surface area contributed by atoms with Crippen molar-refractivity contribution in [2.45, 2.75) is 25.8 Å². The van der Waals surface area contributed by atoms with Gasteiger partial charge in [-0.3, -0.25) is 4.79 Å². The third-order valence-electron chi connectivity index (χ3n) is 3.88. The Kier molecular flexibility index (Phi) is 8.30. The molecule has 1 unspecified atom stereocenters. The molecule has 0 bridgehead atoms. The van der Waals surface area contributed by atoms with E-state index in [9.17, 15) is 15.0 Å². The first-order valence-electron chi connectivity index (χ1n) is 7.84. The Morgan fingerprint density at radius 3 is 2.11 bits per heavy atom. The molecule has 0 aliphatic rings. The summed E-state index contributed by atoms with van der Waals surface area (Å²) < 4.78 is 7.87. The second-order valence-corrected chi connectivity index (χ2v) is 10.7. The molecular formula is C18H17I4NO4. The lowest BCUT2D eigenvalue weighted by atomic mass is 9.88. The molecule has 0 saturated carbocycles. The Bertz CT molecular complexity index is 876. The van der Waals surface area contributed by atoms with E-state index in [1.807, 2.05) is 18.2 Å². The van der Waals surface area contributed by atoms with Crippen LogP contribution < -0.4 is 5.73 Å². The van der Waals surface area contributed by atoms with Gasteiger partial charge in [0.1, 0.15) is 17.0 Å². The molecule has 5 nitrogen and oxygen atoms in total. The molecule has 0 spiro atoms. The van der Waals surface area contributed by atoms with Crippen LogP contribution in [0.3, 0.4) is 0 Å². The number of rotatable bonds is 5. The van der Waals surface area contributed by atoms with E-state index < -0.39 is 11.5 Å². The molecule has 0 radical (unpaired) electrons. The predicted molar refractivity (Wildman–Crippen MR) is 139 cm³/mol. The first kappa shape index (κ1) is 23.7. The zero-order chi connectivity index (χ0) is 20.5. The molecule has 1 atom stereocenters. The average molecular weight is 819 g/mol. The first-order valence-corrected chi connectivity index (χ1v) is 12.2. The molecule has 2 rings (SSSR count). The Labute approximate surface area is 212 Å². The van der Waals surface area contributed by atoms with Gasteiger partial charge in [-0.1, -0.05) is 0 Å². The molecule has 4 N–H and O–H groups in total. The number of benzene rings is 2. The zero-order valence-electron chi connectivity index (χ0n) is 14.4. The number of ether oxygens (including phenoxy) is 1. The van der Waals surface area contributed by atoms with Crippen LogP contribution in [0.1, 0.15) is 19.4 Å². The second-order valence-electron chi connectivity index (χ2n) is 6.16. The van der Waals surface area contributed by atoms with Crippen molar-refractivity contribution in [1.29, 1.82) is 0 Å². The van der Waals surface area contributed by atoms with Crippen LogP contribution in [0.4, 0.5) is 0 Å². The molecule has 0 aliphatic carbocycles. The highest BCUT2D eigenvalue weighted by molar-refractivity contribution is 14.1. The van der Waals surface area contributed by atoms with Crippen molar-refractivity contribution in [3.8, 4) is 22.6 Å². The highest BCUT2D eigenvalue weighted by Crippen LogP contribution is 2.41. The maximum atomic E-state index is 12.3. The Balaban J connectivity index is 2.67. The van der Waals surface area contributed by atoms with Gasteiger partial charge < -0.3 is 20.7 Å². The standard InChI is InChI=1S/C18H17I4NO4/c1-3-27-17(26)18(2,23)7-9-6-12(21)16(25)14(22)13(9)8-4-10(19)15(24)11(20)5-8/h4-6,24-25H,3,7,23H2,1-2H3. The third kappa shape index (κ3) is 5.31. The predicted octanol–water partition coefficient (Wildman–Crippen LogP) is 5.01. The number of carbonyl (C=O) groups is 1. The van der Waals surface area contributed by atoms with Gasteiger partial charge in [0.05, 0.1) is 20.9 Å². The average Bonchev–Trinajstić information content (AvgIpc) is 2.57. The van der Waals surface area contributed by atoms with E-state index in [2.05, 4.69) is 90.4 Å². The van der Waals surface area contributed by atoms with Crippen LogP contribution in [-0.2, 0) is 16.0 Å². The zero-order valence-corrected chi connectivity index (χ0v) is 23.1. The van der Waals surface area contributed by atoms with Crippen molar-refractivity contribution >= 4 is 96.3 Å². The minimum atomic E-state index is -1.20. The third-order valence-corrected chi connectivity index (χ3v) is 7.40. The Morgan fingerprint density at radius 2 is 1.59 bits per heavy atom. The Hall–Kier alpha value is 0.390. The maximum absolute atomic E-state index is 12.3. The lowest BCUT2D eigenvalue weighted by Gasteiger charge is -2.25. The number of hydrogen-bond donors (Lipinski definition) is 3. The molecule has 2 aromatic rings. The van der Waals surface area contributed by atoms with Gasteiger partial charge in [-0.25, -0.2) is 0 Å². The van der Waals surface area contributed by atoms with Gasteiger partial charge in [0, 0.05) is 12.0 Å². The smallest absolute Gasteiger partial charge is 0.326 e. The molecular weight excluding hydrogens is 802 g/mol. The first-order chi connectivity index (χ1) is 12.5. The largest absolute Gasteiger partial charge is 0.506 e. The molecule has 0 aliphatic heterocycles. The van der Waals surface area contributed by atoms with Gasteiger partial charge in [0.15, 0.2) is 0 Å². The number of esters is 1. The highest BCUT2D eigenvalue weighted by atomic mass is 127. The number of hydrogen-bond acceptors (Lipinski definition) is 5. The fraction of sp³-hybridized carbons (Fsp3) is 0.278. The number of aromatic hydroxyl groups is 2. The summed E-state index contributed by atoms with van der Waals surface area (Å²) in [4.78, 5) is 12.3. The van der Waals surface area contributed by atoms with E-state index in [1.54, 1.807) is 13.8 Å². The molecule has 0 heterocycles. The van der Waals surface area contributed by atoms with Crippen molar-refractivity contribution in [3.05, 3.63) is 38.0 Å². The van der Waals surface area contributed by atoms with Crippen LogP contribution in [-0.4, -0.2) is 28.3 Å². The van der Waals surface area contributed by atoms with Crippen molar-refractivity contribution in [1.82, 2.24) is 0 Å². The minimum absolute atomic E-state index is 0.183. The lowest BCUT2D eigenvalue weighted by molar-refractivity contribution is -0.148. The summed E-state index contributed by atoms with van der Waals surface area (Å²) in [6.07, 6.45) is 0.251. The second kappa shape index (κ2) is 9.47. The molecule has 0 amide bonds. The van der Waals surface area contributed by atoms with E-state index in [-0.39, 0.29) is 24.5 Å². The topological polar surface area (TPSA) is 92.8 Å². The summed E-state index contributed by atoms with van der Waals surface area (Å²) in [5, 5.41) is 20.6. The van der Waals surface area contributed by atoms with Crippen molar-refractivity contribution in [2.75, 3.05) is 6.61 Å². The number of phenolic OH excluding ortho intramolecular Hbond substituents is 2. The maximum Gasteiger partial charge on any atom is 0.326 e. The van der Waals surface area contributed by atoms with E-state index >= 15 is 0 Å². The van der Waals surface area contributed by atoms with Gasteiger partial charge in [-0.2, -0.15) is 0 Å². The quantitative estimate of drug-likeness (QED) is 0.292. The van der Waals surface area contributed by atoms with Gasteiger partial charge in [0.25, 0.3) is 0 Å².